The molecule has 1 amide bonds. The van der Waals surface area contributed by atoms with Crippen LogP contribution in [0.3, 0.4) is 0 Å². The maximum atomic E-state index is 13.5. The molecule has 140 valence electrons. The summed E-state index contributed by atoms with van der Waals surface area (Å²) >= 11 is 0. The van der Waals surface area contributed by atoms with Gasteiger partial charge in [0.25, 0.3) is 5.91 Å². The minimum atomic E-state index is -4.52. The molecule has 0 saturated carbocycles. The molecule has 8 heteroatoms. The summed E-state index contributed by atoms with van der Waals surface area (Å²) in [6, 6.07) is 6.71. The fraction of sp³-hybridized carbons (Fsp3) is 0.316. The van der Waals surface area contributed by atoms with E-state index in [1.165, 1.54) is 35.1 Å². The van der Waals surface area contributed by atoms with E-state index in [1.54, 1.807) is 11.9 Å². The molecule has 2 aromatic heterocycles. The Balaban J connectivity index is 1.93. The van der Waals surface area contributed by atoms with E-state index < -0.39 is 11.7 Å². The highest BCUT2D eigenvalue weighted by molar-refractivity contribution is 6.06. The lowest BCUT2D eigenvalue weighted by molar-refractivity contribution is -0.137. The summed E-state index contributed by atoms with van der Waals surface area (Å²) in [7, 11) is 1.65. The van der Waals surface area contributed by atoms with Crippen molar-refractivity contribution in [2.24, 2.45) is 7.05 Å². The van der Waals surface area contributed by atoms with Crippen LogP contribution in [0.25, 0.3) is 22.3 Å². The molecule has 1 saturated heterocycles. The van der Waals surface area contributed by atoms with Crippen LogP contribution in [0.5, 0.6) is 0 Å². The van der Waals surface area contributed by atoms with Gasteiger partial charge in [-0.05, 0) is 25.0 Å². The van der Waals surface area contributed by atoms with Crippen LogP contribution in [-0.2, 0) is 13.2 Å². The van der Waals surface area contributed by atoms with Gasteiger partial charge < -0.3 is 4.90 Å². The molecule has 0 unspecified atom stereocenters. The van der Waals surface area contributed by atoms with E-state index in [0.29, 0.717) is 29.7 Å². The highest BCUT2D eigenvalue weighted by atomic mass is 19.4. The molecule has 0 spiro atoms. The predicted octanol–water partition coefficient (Wildman–Crippen LogP) is 3.89. The van der Waals surface area contributed by atoms with Crippen molar-refractivity contribution in [3.63, 3.8) is 0 Å². The number of fused-ring (bicyclic) bond motifs is 1. The van der Waals surface area contributed by atoms with Gasteiger partial charge in [-0.2, -0.15) is 18.3 Å². The van der Waals surface area contributed by atoms with Gasteiger partial charge in [0, 0.05) is 25.7 Å². The van der Waals surface area contributed by atoms with Crippen LogP contribution in [0, 0.1) is 0 Å². The van der Waals surface area contributed by atoms with Gasteiger partial charge >= 0.3 is 6.18 Å². The standard InChI is InChI=1S/C19H17F3N4O/c1-25-17-14(11-23-25)13(18(27)26-8-4-5-9-26)10-16(24-17)12-6-2-3-7-15(12)19(20,21)22/h2-3,6-7,10-11H,4-5,8-9H2,1H3. The molecule has 1 aromatic carbocycles. The summed E-state index contributed by atoms with van der Waals surface area (Å²) in [6.45, 7) is 1.30. The van der Waals surface area contributed by atoms with Crippen molar-refractivity contribution in [2.45, 2.75) is 19.0 Å². The van der Waals surface area contributed by atoms with Crippen LogP contribution in [0.15, 0.2) is 36.5 Å². The number of benzene rings is 1. The minimum Gasteiger partial charge on any atom is -0.339 e. The van der Waals surface area contributed by atoms with Gasteiger partial charge in [0.2, 0.25) is 0 Å². The molecule has 1 aliphatic rings. The Morgan fingerprint density at radius 1 is 1.15 bits per heavy atom. The van der Waals surface area contributed by atoms with Gasteiger partial charge in [-0.3, -0.25) is 9.48 Å². The van der Waals surface area contributed by atoms with Crippen LogP contribution >= 0.6 is 0 Å². The second kappa shape index (κ2) is 6.37. The number of hydrogen-bond donors (Lipinski definition) is 0. The number of amides is 1. The highest BCUT2D eigenvalue weighted by Gasteiger charge is 2.34. The Morgan fingerprint density at radius 3 is 2.56 bits per heavy atom. The summed E-state index contributed by atoms with van der Waals surface area (Å²) in [5.74, 6) is -0.196. The van der Waals surface area contributed by atoms with Gasteiger partial charge in [-0.1, -0.05) is 18.2 Å². The summed E-state index contributed by atoms with van der Waals surface area (Å²) in [6.07, 6.45) is -1.13. The zero-order valence-corrected chi connectivity index (χ0v) is 14.6. The molecule has 0 bridgehead atoms. The zero-order chi connectivity index (χ0) is 19.2. The topological polar surface area (TPSA) is 51.0 Å². The van der Waals surface area contributed by atoms with E-state index >= 15 is 0 Å². The average Bonchev–Trinajstić information content (AvgIpc) is 3.30. The van der Waals surface area contributed by atoms with Crippen LogP contribution in [0.1, 0.15) is 28.8 Å². The van der Waals surface area contributed by atoms with Crippen molar-refractivity contribution in [1.82, 2.24) is 19.7 Å². The van der Waals surface area contributed by atoms with Crippen molar-refractivity contribution in [3.05, 3.63) is 47.7 Å². The molecular weight excluding hydrogens is 357 g/mol. The third-order valence-corrected chi connectivity index (χ3v) is 4.84. The van der Waals surface area contributed by atoms with Crippen LogP contribution in [0.4, 0.5) is 13.2 Å². The van der Waals surface area contributed by atoms with Crippen molar-refractivity contribution >= 4 is 16.9 Å². The molecule has 0 atom stereocenters. The summed E-state index contributed by atoms with van der Waals surface area (Å²) < 4.78 is 41.8. The normalized spacial score (nSPS) is 14.9. The first kappa shape index (κ1) is 17.5. The SMILES string of the molecule is Cn1ncc2c(C(=O)N3CCCC3)cc(-c3ccccc3C(F)(F)F)nc21. The van der Waals surface area contributed by atoms with E-state index in [0.717, 1.165) is 18.9 Å². The molecule has 5 nitrogen and oxygen atoms in total. The van der Waals surface area contributed by atoms with E-state index in [9.17, 15) is 18.0 Å². The first-order valence-corrected chi connectivity index (χ1v) is 8.65. The molecule has 0 aliphatic carbocycles. The maximum Gasteiger partial charge on any atom is 0.417 e. The summed E-state index contributed by atoms with van der Waals surface area (Å²) in [5.41, 5.74) is -0.00210. The van der Waals surface area contributed by atoms with Crippen LogP contribution in [0.2, 0.25) is 0 Å². The van der Waals surface area contributed by atoms with E-state index in [2.05, 4.69) is 10.1 Å². The number of likely N-dealkylation sites (tertiary alicyclic amines) is 1. The van der Waals surface area contributed by atoms with Crippen molar-refractivity contribution in [3.8, 4) is 11.3 Å². The number of alkyl halides is 3. The van der Waals surface area contributed by atoms with Crippen molar-refractivity contribution in [2.75, 3.05) is 13.1 Å². The predicted molar refractivity (Wildman–Crippen MR) is 94.1 cm³/mol. The van der Waals surface area contributed by atoms with Gasteiger partial charge in [-0.25, -0.2) is 4.98 Å². The smallest absolute Gasteiger partial charge is 0.339 e. The number of aryl methyl sites for hydroxylation is 1. The second-order valence-electron chi connectivity index (χ2n) is 6.60. The number of rotatable bonds is 2. The fourth-order valence-electron chi connectivity index (χ4n) is 3.47. The lowest BCUT2D eigenvalue weighted by Gasteiger charge is -2.17. The maximum absolute atomic E-state index is 13.5. The van der Waals surface area contributed by atoms with Crippen LogP contribution < -0.4 is 0 Å². The average molecular weight is 374 g/mol. The zero-order valence-electron chi connectivity index (χ0n) is 14.6. The van der Waals surface area contributed by atoms with E-state index in [1.807, 2.05) is 0 Å². The molecule has 0 radical (unpaired) electrons. The molecule has 3 aromatic rings. The Bertz CT molecular complexity index is 1020. The lowest BCUT2D eigenvalue weighted by Crippen LogP contribution is -2.27. The quantitative estimate of drug-likeness (QED) is 0.684. The fourth-order valence-corrected chi connectivity index (χ4v) is 3.47. The van der Waals surface area contributed by atoms with Gasteiger partial charge in [0.05, 0.1) is 28.4 Å². The molecule has 0 N–H and O–H groups in total. The Morgan fingerprint density at radius 2 is 1.85 bits per heavy atom. The summed E-state index contributed by atoms with van der Waals surface area (Å²) in [4.78, 5) is 19.1. The van der Waals surface area contributed by atoms with Gasteiger partial charge in [-0.15, -0.1) is 0 Å². The summed E-state index contributed by atoms with van der Waals surface area (Å²) in [5, 5.41) is 4.68. The monoisotopic (exact) mass is 374 g/mol. The van der Waals surface area contributed by atoms with E-state index in [-0.39, 0.29) is 17.2 Å². The number of carbonyl (C=O) groups excluding carboxylic acids is 1. The first-order chi connectivity index (χ1) is 12.9. The first-order valence-electron chi connectivity index (χ1n) is 8.65. The third-order valence-electron chi connectivity index (χ3n) is 4.84. The Labute approximate surface area is 153 Å². The molecule has 1 fully saturated rings. The molecule has 27 heavy (non-hydrogen) atoms. The van der Waals surface area contributed by atoms with Gasteiger partial charge in [0.15, 0.2) is 5.65 Å². The number of aromatic nitrogens is 3. The number of carbonyl (C=O) groups is 1. The minimum absolute atomic E-state index is 0.0522. The highest BCUT2D eigenvalue weighted by Crippen LogP contribution is 2.37. The number of pyridine rings is 1. The number of hydrogen-bond acceptors (Lipinski definition) is 3. The lowest BCUT2D eigenvalue weighted by atomic mass is 10.0. The number of nitrogens with zero attached hydrogens (tertiary/aromatic N) is 4. The second-order valence-corrected chi connectivity index (χ2v) is 6.60. The molecular formula is C19H17F3N4O. The number of halogens is 3. The van der Waals surface area contributed by atoms with Crippen molar-refractivity contribution < 1.29 is 18.0 Å². The van der Waals surface area contributed by atoms with Gasteiger partial charge in [0.1, 0.15) is 0 Å². The Hall–Kier alpha value is -2.90. The van der Waals surface area contributed by atoms with Crippen molar-refractivity contribution in [1.29, 1.82) is 0 Å². The third kappa shape index (κ3) is 3.05. The molecule has 3 heterocycles. The Kier molecular flexibility index (Phi) is 4.13. The molecule has 1 aliphatic heterocycles. The van der Waals surface area contributed by atoms with Crippen LogP contribution in [-0.4, -0.2) is 38.7 Å². The largest absolute Gasteiger partial charge is 0.417 e. The van der Waals surface area contributed by atoms with E-state index in [4.69, 9.17) is 0 Å². The molecule has 4 rings (SSSR count).